The maximum atomic E-state index is 12.7. The van der Waals surface area contributed by atoms with Crippen LogP contribution in [0.3, 0.4) is 0 Å². The van der Waals surface area contributed by atoms with Crippen LogP contribution >= 0.6 is 7.82 Å². The van der Waals surface area contributed by atoms with Crippen molar-refractivity contribution in [2.24, 2.45) is 5.73 Å². The van der Waals surface area contributed by atoms with Gasteiger partial charge < -0.3 is 26.2 Å². The van der Waals surface area contributed by atoms with E-state index in [1.165, 1.54) is 83.5 Å². The van der Waals surface area contributed by atoms with E-state index in [1.807, 2.05) is 6.08 Å². The van der Waals surface area contributed by atoms with E-state index in [9.17, 15) is 24.5 Å². The Bertz CT molecular complexity index is 837. The molecule has 0 aliphatic rings. The SMILES string of the molecule is CCCCCCCC/C=C\CCCC(O)CC(=O)NC(COP(=O)(O)OCCN)C(O)/C=C/CC/C=C/CCCCCCCCC. The van der Waals surface area contributed by atoms with Gasteiger partial charge in [0, 0.05) is 6.54 Å². The molecule has 6 N–H and O–H groups in total. The quantitative estimate of drug-likeness (QED) is 0.0266. The van der Waals surface area contributed by atoms with Gasteiger partial charge in [-0.05, 0) is 57.8 Å². The van der Waals surface area contributed by atoms with Gasteiger partial charge in [0.15, 0.2) is 0 Å². The van der Waals surface area contributed by atoms with E-state index in [1.54, 1.807) is 6.08 Å². The minimum absolute atomic E-state index is 0.0414. The third-order valence-corrected chi connectivity index (χ3v) is 8.73. The van der Waals surface area contributed by atoms with Gasteiger partial charge in [0.1, 0.15) is 0 Å². The molecule has 9 nitrogen and oxygen atoms in total. The Hall–Kier alpha value is -1.32. The number of phosphoric acid groups is 1. The number of carbonyl (C=O) groups is 1. The monoisotopic (exact) mass is 672 g/mol. The lowest BCUT2D eigenvalue weighted by molar-refractivity contribution is -0.124. The Morgan fingerprint density at radius 3 is 1.80 bits per heavy atom. The zero-order chi connectivity index (χ0) is 34.1. The predicted molar refractivity (Wildman–Crippen MR) is 190 cm³/mol. The number of aliphatic hydroxyl groups is 2. The van der Waals surface area contributed by atoms with Gasteiger partial charge in [-0.15, -0.1) is 0 Å². The summed E-state index contributed by atoms with van der Waals surface area (Å²) in [5, 5.41) is 23.8. The van der Waals surface area contributed by atoms with E-state index in [4.69, 9.17) is 14.8 Å². The topological polar surface area (TPSA) is 151 Å². The zero-order valence-corrected chi connectivity index (χ0v) is 30.1. The van der Waals surface area contributed by atoms with E-state index in [2.05, 4.69) is 43.5 Å². The highest BCUT2D eigenvalue weighted by Gasteiger charge is 2.27. The molecular formula is C36H69N2O7P. The van der Waals surface area contributed by atoms with Gasteiger partial charge >= 0.3 is 7.82 Å². The zero-order valence-electron chi connectivity index (χ0n) is 29.2. The molecule has 10 heteroatoms. The molecule has 0 heterocycles. The molecule has 0 aromatic carbocycles. The first-order valence-electron chi connectivity index (χ1n) is 18.2. The number of rotatable bonds is 33. The van der Waals surface area contributed by atoms with Crippen molar-refractivity contribution in [2.45, 2.75) is 167 Å². The minimum atomic E-state index is -4.40. The molecular weight excluding hydrogens is 603 g/mol. The molecule has 4 atom stereocenters. The van der Waals surface area contributed by atoms with E-state index in [0.717, 1.165) is 32.1 Å². The molecule has 0 spiro atoms. The molecule has 0 aromatic rings. The largest absolute Gasteiger partial charge is 0.472 e. The Balaban J connectivity index is 4.58. The van der Waals surface area contributed by atoms with Gasteiger partial charge in [0.2, 0.25) is 5.91 Å². The second-order valence-corrected chi connectivity index (χ2v) is 13.7. The number of hydrogen-bond acceptors (Lipinski definition) is 7. The number of nitrogens with one attached hydrogen (secondary N) is 1. The van der Waals surface area contributed by atoms with Crippen molar-refractivity contribution >= 4 is 13.7 Å². The van der Waals surface area contributed by atoms with Crippen LogP contribution in [0.4, 0.5) is 0 Å². The minimum Gasteiger partial charge on any atom is -0.393 e. The van der Waals surface area contributed by atoms with Crippen molar-refractivity contribution in [1.29, 1.82) is 0 Å². The first-order valence-corrected chi connectivity index (χ1v) is 19.7. The molecule has 0 fully saturated rings. The van der Waals surface area contributed by atoms with E-state index in [-0.39, 0.29) is 19.6 Å². The Morgan fingerprint density at radius 1 is 0.739 bits per heavy atom. The second kappa shape index (κ2) is 32.2. The molecule has 0 saturated heterocycles. The standard InChI is InChI=1S/C36H69N2O7P/c1-3-5-7-9-11-13-15-16-18-20-22-24-26-28-35(40)34(32-45-46(42,43)44-30-29-37)38-36(41)31-33(39)27-25-23-21-19-17-14-12-10-8-6-4-2/h18-21,26,28,33-35,39-40H,3-17,22-25,27,29-32,37H2,1-2H3,(H,38,41)(H,42,43)/b20-18+,21-19-,28-26+. The van der Waals surface area contributed by atoms with Crippen LogP contribution < -0.4 is 11.1 Å². The summed E-state index contributed by atoms with van der Waals surface area (Å²) in [7, 11) is -4.40. The fraction of sp³-hybridized carbons (Fsp3) is 0.806. The van der Waals surface area contributed by atoms with Crippen LogP contribution in [0.15, 0.2) is 36.5 Å². The number of phosphoric ester groups is 1. The van der Waals surface area contributed by atoms with Gasteiger partial charge in [-0.2, -0.15) is 0 Å². The van der Waals surface area contributed by atoms with E-state index >= 15 is 0 Å². The smallest absolute Gasteiger partial charge is 0.393 e. The number of allylic oxidation sites excluding steroid dienone is 5. The van der Waals surface area contributed by atoms with Gasteiger partial charge in [-0.1, -0.05) is 121 Å². The second-order valence-electron chi connectivity index (χ2n) is 12.3. The Labute approximate surface area is 281 Å². The van der Waals surface area contributed by atoms with Crippen LogP contribution in [0.25, 0.3) is 0 Å². The first kappa shape index (κ1) is 44.7. The number of unbranched alkanes of at least 4 members (excludes halogenated alkanes) is 15. The summed E-state index contributed by atoms with van der Waals surface area (Å²) in [6.07, 6.45) is 32.4. The van der Waals surface area contributed by atoms with Gasteiger partial charge in [-0.3, -0.25) is 13.8 Å². The third kappa shape index (κ3) is 30.0. The first-order chi connectivity index (χ1) is 22.3. The van der Waals surface area contributed by atoms with Crippen molar-refractivity contribution < 1.29 is 33.5 Å². The fourth-order valence-electron chi connectivity index (χ4n) is 4.95. The highest BCUT2D eigenvalue weighted by molar-refractivity contribution is 7.47. The summed E-state index contributed by atoms with van der Waals surface area (Å²) in [5.41, 5.74) is 5.33. The highest BCUT2D eigenvalue weighted by atomic mass is 31.2. The highest BCUT2D eigenvalue weighted by Crippen LogP contribution is 2.43. The van der Waals surface area contributed by atoms with Crippen molar-refractivity contribution in [3.8, 4) is 0 Å². The molecule has 0 radical (unpaired) electrons. The molecule has 0 rings (SSSR count). The molecule has 0 aliphatic heterocycles. The Kier molecular flexibility index (Phi) is 31.3. The van der Waals surface area contributed by atoms with Crippen LogP contribution in [-0.2, 0) is 18.4 Å². The Morgan fingerprint density at radius 2 is 1.24 bits per heavy atom. The molecule has 0 aromatic heterocycles. The summed E-state index contributed by atoms with van der Waals surface area (Å²) in [5.74, 6) is -0.476. The number of aliphatic hydroxyl groups excluding tert-OH is 2. The molecule has 4 unspecified atom stereocenters. The number of amides is 1. The summed E-state index contributed by atoms with van der Waals surface area (Å²) in [6, 6.07) is -1.00. The van der Waals surface area contributed by atoms with E-state index in [0.29, 0.717) is 12.8 Å². The average Bonchev–Trinajstić information content (AvgIpc) is 3.03. The number of carbonyl (C=O) groups excluding carboxylic acids is 1. The van der Waals surface area contributed by atoms with Crippen LogP contribution in [-0.4, -0.2) is 59.0 Å². The van der Waals surface area contributed by atoms with Crippen LogP contribution in [0, 0.1) is 0 Å². The van der Waals surface area contributed by atoms with Crippen molar-refractivity contribution in [1.82, 2.24) is 5.32 Å². The third-order valence-electron chi connectivity index (χ3n) is 7.74. The molecule has 0 bridgehead atoms. The van der Waals surface area contributed by atoms with Crippen molar-refractivity contribution in [3.63, 3.8) is 0 Å². The van der Waals surface area contributed by atoms with Crippen LogP contribution in [0.5, 0.6) is 0 Å². The predicted octanol–water partition coefficient (Wildman–Crippen LogP) is 8.19. The summed E-state index contributed by atoms with van der Waals surface area (Å²) in [6.45, 7) is 3.88. The van der Waals surface area contributed by atoms with Crippen LogP contribution in [0.1, 0.15) is 149 Å². The molecule has 46 heavy (non-hydrogen) atoms. The maximum absolute atomic E-state index is 12.7. The molecule has 0 saturated carbocycles. The summed E-state index contributed by atoms with van der Waals surface area (Å²) >= 11 is 0. The lowest BCUT2D eigenvalue weighted by Crippen LogP contribution is -2.46. The molecule has 270 valence electrons. The molecule has 0 aliphatic carbocycles. The average molecular weight is 673 g/mol. The van der Waals surface area contributed by atoms with Gasteiger partial charge in [0.25, 0.3) is 0 Å². The fourth-order valence-corrected chi connectivity index (χ4v) is 5.71. The number of nitrogens with two attached hydrogens (primary N) is 1. The normalized spacial score (nSPS) is 15.5. The summed E-state index contributed by atoms with van der Waals surface area (Å²) < 4.78 is 21.9. The van der Waals surface area contributed by atoms with E-state index < -0.39 is 38.6 Å². The number of hydrogen-bond donors (Lipinski definition) is 5. The van der Waals surface area contributed by atoms with Crippen LogP contribution in [0.2, 0.25) is 0 Å². The summed E-state index contributed by atoms with van der Waals surface area (Å²) in [4.78, 5) is 22.6. The van der Waals surface area contributed by atoms with Crippen molar-refractivity contribution in [3.05, 3.63) is 36.5 Å². The van der Waals surface area contributed by atoms with Gasteiger partial charge in [0.05, 0.1) is 37.9 Å². The molecule has 1 amide bonds. The lowest BCUT2D eigenvalue weighted by Gasteiger charge is -2.24. The van der Waals surface area contributed by atoms with Gasteiger partial charge in [-0.25, -0.2) is 4.57 Å². The maximum Gasteiger partial charge on any atom is 0.472 e. The lowest BCUT2D eigenvalue weighted by atomic mass is 10.1. The van der Waals surface area contributed by atoms with Crippen molar-refractivity contribution in [2.75, 3.05) is 19.8 Å².